The highest BCUT2D eigenvalue weighted by atomic mass is 32.2. The number of ether oxygens (including phenoxy) is 1. The maximum atomic E-state index is 14.0. The number of benzene rings is 2. The number of primary amides is 1. The summed E-state index contributed by atoms with van der Waals surface area (Å²) in [5.74, 6) is -3.37. The lowest BCUT2D eigenvalue weighted by molar-refractivity contribution is -0.141. The zero-order valence-electron chi connectivity index (χ0n) is 41.4. The fourth-order valence-corrected chi connectivity index (χ4v) is 9.71. The lowest BCUT2D eigenvalue weighted by atomic mass is 10.0. The number of nitrogens with two attached hydrogens (primary N) is 1. The minimum absolute atomic E-state index is 0.0457. The van der Waals surface area contributed by atoms with Gasteiger partial charge in [-0.1, -0.05) is 42.5 Å². The van der Waals surface area contributed by atoms with Gasteiger partial charge < -0.3 is 45.8 Å². The Bertz CT molecular complexity index is 2890. The molecule has 0 bridgehead atoms. The molecule has 393 valence electrons. The number of carbonyl (C=O) groups excluding carboxylic acids is 9. The number of likely N-dealkylation sites (tertiary alicyclic amines) is 1. The van der Waals surface area contributed by atoms with Gasteiger partial charge in [-0.05, 0) is 61.1 Å². The van der Waals surface area contributed by atoms with Gasteiger partial charge >= 0.3 is 19.7 Å². The molecular formula is C49H57BN13O11S. The maximum absolute atomic E-state index is 14.0. The molecule has 0 spiro atoms. The van der Waals surface area contributed by atoms with E-state index in [2.05, 4.69) is 30.8 Å². The molecule has 2 saturated heterocycles. The van der Waals surface area contributed by atoms with E-state index in [1.54, 1.807) is 34.8 Å². The Hall–Kier alpha value is -7.84. The number of pyridine rings is 1. The minimum atomic E-state index is -1.27. The van der Waals surface area contributed by atoms with Crippen LogP contribution in [-0.4, -0.2) is 181 Å². The monoisotopic (exact) mass is 1050 g/mol. The van der Waals surface area contributed by atoms with Crippen molar-refractivity contribution < 1.29 is 52.1 Å². The predicted molar refractivity (Wildman–Crippen MR) is 273 cm³/mol. The number of nitrogens with zero attached hydrogens (tertiary/aromatic N) is 9. The number of nitrogens with one attached hydrogen (secondary N) is 3. The molecule has 2 aromatic carbocycles. The third kappa shape index (κ3) is 13.5. The summed E-state index contributed by atoms with van der Waals surface area (Å²) in [5.41, 5.74) is 9.50. The summed E-state index contributed by atoms with van der Waals surface area (Å²) in [7, 11) is 3.28. The minimum Gasteiger partial charge on any atom is -0.445 e. The van der Waals surface area contributed by atoms with E-state index in [0.717, 1.165) is 65.9 Å². The number of aromatic nitrogens is 3. The Kier molecular flexibility index (Phi) is 17.1. The van der Waals surface area contributed by atoms with Gasteiger partial charge in [0, 0.05) is 111 Å². The average Bonchev–Trinajstić information content (AvgIpc) is 3.83. The largest absolute Gasteiger partial charge is 0.445 e. The van der Waals surface area contributed by atoms with Crippen LogP contribution in [0.25, 0.3) is 16.9 Å². The van der Waals surface area contributed by atoms with Crippen LogP contribution in [0.3, 0.4) is 0 Å². The summed E-state index contributed by atoms with van der Waals surface area (Å²) in [6.07, 6.45) is 2.98. The Labute approximate surface area is 434 Å². The summed E-state index contributed by atoms with van der Waals surface area (Å²) in [5, 5.41) is 12.5. The number of urea groups is 1. The van der Waals surface area contributed by atoms with E-state index in [1.165, 1.54) is 28.8 Å². The molecule has 24 nitrogen and oxygen atoms in total. The number of amides is 10. The second-order valence-corrected chi connectivity index (χ2v) is 20.3. The fraction of sp³-hybridized carbons (Fsp3) is 0.408. The smallest absolute Gasteiger partial charge is 0.409 e. The number of carbonyl (C=O) groups is 9. The van der Waals surface area contributed by atoms with Crippen LogP contribution >= 0.6 is 0 Å². The summed E-state index contributed by atoms with van der Waals surface area (Å²) < 4.78 is 18.9. The van der Waals surface area contributed by atoms with Gasteiger partial charge in [0.25, 0.3) is 5.95 Å². The first-order chi connectivity index (χ1) is 36.0. The Morgan fingerprint density at radius 1 is 0.867 bits per heavy atom. The molecule has 4 aromatic rings. The van der Waals surface area contributed by atoms with Gasteiger partial charge in [-0.15, -0.1) is 5.10 Å². The van der Waals surface area contributed by atoms with Gasteiger partial charge in [0.15, 0.2) is 5.65 Å². The predicted octanol–water partition coefficient (Wildman–Crippen LogP) is 0.363. The van der Waals surface area contributed by atoms with Crippen LogP contribution in [-0.2, 0) is 62.2 Å². The van der Waals surface area contributed by atoms with Gasteiger partial charge in [-0.3, -0.25) is 42.7 Å². The Balaban J connectivity index is 0.784. The van der Waals surface area contributed by atoms with Gasteiger partial charge in [0.05, 0.1) is 18.3 Å². The Morgan fingerprint density at radius 2 is 1.55 bits per heavy atom. The quantitative estimate of drug-likeness (QED) is 0.0687. The van der Waals surface area contributed by atoms with Crippen LogP contribution in [0.4, 0.5) is 21.2 Å². The lowest BCUT2D eigenvalue weighted by Gasteiger charge is -2.29. The van der Waals surface area contributed by atoms with E-state index >= 15 is 0 Å². The first-order valence-corrected chi connectivity index (χ1v) is 25.9. The molecule has 75 heavy (non-hydrogen) atoms. The molecule has 4 aliphatic rings. The zero-order chi connectivity index (χ0) is 53.3. The van der Waals surface area contributed by atoms with E-state index in [-0.39, 0.29) is 44.5 Å². The van der Waals surface area contributed by atoms with Crippen LogP contribution in [0.15, 0.2) is 78.9 Å². The molecule has 5 N–H and O–H groups in total. The zero-order valence-corrected chi connectivity index (χ0v) is 42.2. The van der Waals surface area contributed by atoms with Crippen molar-refractivity contribution in [3.8, 4) is 11.3 Å². The van der Waals surface area contributed by atoms with E-state index in [0.29, 0.717) is 47.7 Å². The molecule has 8 rings (SSSR count). The summed E-state index contributed by atoms with van der Waals surface area (Å²) >= 11 is 0. The lowest BCUT2D eigenvalue weighted by Crippen LogP contribution is -2.56. The van der Waals surface area contributed by atoms with Crippen LogP contribution in [0.1, 0.15) is 43.2 Å². The number of rotatable bonds is 20. The van der Waals surface area contributed by atoms with E-state index < -0.39 is 89.3 Å². The molecule has 5 heterocycles. The van der Waals surface area contributed by atoms with E-state index in [9.17, 15) is 47.4 Å². The molecule has 1 radical (unpaired) electrons. The molecule has 10 amide bonds. The molecule has 1 saturated carbocycles. The molecule has 2 unspecified atom stereocenters. The molecule has 26 heteroatoms. The highest BCUT2D eigenvalue weighted by Gasteiger charge is 2.41. The molecule has 1 aliphatic carbocycles. The van der Waals surface area contributed by atoms with Crippen molar-refractivity contribution >= 4 is 89.1 Å². The van der Waals surface area contributed by atoms with Crippen LogP contribution in [0.2, 0.25) is 0 Å². The second kappa shape index (κ2) is 24.0. The molecule has 3 fully saturated rings. The van der Waals surface area contributed by atoms with Gasteiger partial charge in [0.1, 0.15) is 12.6 Å². The number of anilines is 2. The standard InChI is InChI=1S/C49H57BN13O11S/c1-57(48(71)61(45(69)34-14-15-34)47-54-40-7-3-5-37(63(40)56-47)33-12-8-31(9-13-33)29-59-23-25-75(73)26-24-59)21-22-58(2)49(72)74-30-32-10-16-35(17-11-32)53-41(65)28-52-44(68)38-6-4-20-60(38)46(70)36(27-39(51)64)55-50-62-42(66)18-19-43(62)67/h3,5,7-13,16-19,34,36,38,55H,4,6,14-15,20-30H2,1-2H3,(H2,51,64)(H,52,68)(H,53,65). The molecule has 2 atom stereocenters. The molecular weight excluding hydrogens is 989 g/mol. The first-order valence-electron chi connectivity index (χ1n) is 24.4. The highest BCUT2D eigenvalue weighted by molar-refractivity contribution is 7.85. The van der Waals surface area contributed by atoms with Crippen LogP contribution < -0.4 is 26.5 Å². The van der Waals surface area contributed by atoms with E-state index in [1.807, 2.05) is 36.4 Å². The topological polar surface area (TPSA) is 292 Å². The van der Waals surface area contributed by atoms with Gasteiger partial charge in [0.2, 0.25) is 41.4 Å². The van der Waals surface area contributed by atoms with Crippen molar-refractivity contribution in [1.29, 1.82) is 0 Å². The summed E-state index contributed by atoms with van der Waals surface area (Å²) in [4.78, 5) is 128. The SMILES string of the molecule is CN(CCN(C)C(=O)N(C(=O)C1CC1)c1nc2cccc(-c3ccc(CN4CCS(=O)CC4)cc3)n2n1)C(=O)OCc1ccc(NC(=O)CNC(=O)C2CCCN2C(=O)C(CC(N)=O)N[B]N2C(=O)C=CC2=O)cc1. The molecule has 3 aliphatic heterocycles. The number of hydrogen-bond acceptors (Lipinski definition) is 15. The molecule has 2 aromatic heterocycles. The summed E-state index contributed by atoms with van der Waals surface area (Å²) in [6.45, 7) is 2.09. The number of fused-ring (bicyclic) bond motifs is 1. The summed E-state index contributed by atoms with van der Waals surface area (Å²) in [6, 6.07) is 17.1. The van der Waals surface area contributed by atoms with Crippen molar-refractivity contribution in [2.45, 2.75) is 57.3 Å². The van der Waals surface area contributed by atoms with E-state index in [4.69, 9.17) is 10.5 Å². The third-order valence-corrected chi connectivity index (χ3v) is 14.3. The third-order valence-electron chi connectivity index (χ3n) is 13.0. The normalized spacial score (nSPS) is 17.2. The van der Waals surface area contributed by atoms with Crippen molar-refractivity contribution in [3.63, 3.8) is 0 Å². The highest BCUT2D eigenvalue weighted by Crippen LogP contribution is 2.33. The first kappa shape index (κ1) is 53.5. The van der Waals surface area contributed by atoms with Gasteiger partial charge in [-0.2, -0.15) is 9.88 Å². The number of hydrogen-bond donors (Lipinski definition) is 4. The second-order valence-electron chi connectivity index (χ2n) is 18.6. The van der Waals surface area contributed by atoms with Crippen molar-refractivity contribution in [2.24, 2.45) is 11.7 Å². The maximum Gasteiger partial charge on any atom is 0.409 e. The number of imide groups is 2. The van der Waals surface area contributed by atoms with Crippen LogP contribution in [0.5, 0.6) is 0 Å². The van der Waals surface area contributed by atoms with Crippen LogP contribution in [0, 0.1) is 5.92 Å². The van der Waals surface area contributed by atoms with Crippen molar-refractivity contribution in [2.75, 3.05) is 75.1 Å². The average molecular weight is 1050 g/mol. The van der Waals surface area contributed by atoms with Crippen molar-refractivity contribution in [3.05, 3.63) is 90.0 Å². The fourth-order valence-electron chi connectivity index (χ4n) is 8.58. The number of likely N-dealkylation sites (N-methyl/N-ethyl adjacent to an activating group) is 2. The van der Waals surface area contributed by atoms with Crippen molar-refractivity contribution in [1.82, 2.24) is 49.6 Å². The van der Waals surface area contributed by atoms with Gasteiger partial charge in [-0.25, -0.2) is 14.1 Å². The Morgan fingerprint density at radius 3 is 2.23 bits per heavy atom.